The van der Waals surface area contributed by atoms with Crippen molar-refractivity contribution in [2.45, 2.75) is 283 Å². The van der Waals surface area contributed by atoms with Crippen LogP contribution in [-0.2, 0) is 14.3 Å². The van der Waals surface area contributed by atoms with Crippen LogP contribution < -0.4 is 5.32 Å². The van der Waals surface area contributed by atoms with Gasteiger partial charge in [0.1, 0.15) is 6.10 Å². The minimum absolute atomic E-state index is 0.0691. The van der Waals surface area contributed by atoms with Gasteiger partial charge in [-0.15, -0.1) is 0 Å². The first-order valence-corrected chi connectivity index (χ1v) is 26.4. The zero-order valence-corrected chi connectivity index (χ0v) is 40.5. The van der Waals surface area contributed by atoms with Crippen LogP contribution in [0.2, 0.25) is 0 Å². The highest BCUT2D eigenvalue weighted by molar-refractivity contribution is 5.77. The molecule has 0 aromatic rings. The monoisotopic (exact) mass is 856 g/mol. The van der Waals surface area contributed by atoms with Gasteiger partial charge in [-0.3, -0.25) is 9.59 Å². The molecule has 0 aliphatic rings. The van der Waals surface area contributed by atoms with Gasteiger partial charge in [0, 0.05) is 6.42 Å². The summed E-state index contributed by atoms with van der Waals surface area (Å²) < 4.78 is 5.90. The predicted octanol–water partition coefficient (Wildman–Crippen LogP) is 15.8. The van der Waals surface area contributed by atoms with Crippen molar-refractivity contribution in [3.8, 4) is 0 Å². The molecule has 0 aromatic heterocycles. The molecule has 6 heteroatoms. The average molecular weight is 856 g/mol. The van der Waals surface area contributed by atoms with Gasteiger partial charge in [-0.05, 0) is 51.4 Å². The SMILES string of the molecule is CCCCC/C=C/C=C/C=C/C=C/CCCCCCCC(=O)OC(CCCCCCCCCC)CC(=O)NC(CO)C(O)CCCCCCCCCCCCCCCCCC. The molecule has 356 valence electrons. The predicted molar refractivity (Wildman–Crippen MR) is 264 cm³/mol. The first kappa shape index (κ1) is 58.8. The summed E-state index contributed by atoms with van der Waals surface area (Å²) in [7, 11) is 0. The minimum atomic E-state index is -0.790. The number of ether oxygens (including phenoxy) is 1. The molecular weight excluding hydrogens is 755 g/mol. The Bertz CT molecular complexity index is 1050. The molecule has 0 heterocycles. The normalized spacial score (nSPS) is 13.6. The smallest absolute Gasteiger partial charge is 0.306 e. The van der Waals surface area contributed by atoms with Gasteiger partial charge in [-0.1, -0.05) is 249 Å². The van der Waals surface area contributed by atoms with Crippen LogP contribution in [0.5, 0.6) is 0 Å². The summed E-state index contributed by atoms with van der Waals surface area (Å²) in [5.74, 6) is -0.496. The number of allylic oxidation sites excluding steroid dienone is 8. The minimum Gasteiger partial charge on any atom is -0.462 e. The van der Waals surface area contributed by atoms with Gasteiger partial charge in [0.05, 0.1) is 25.2 Å². The molecule has 3 atom stereocenters. The van der Waals surface area contributed by atoms with Gasteiger partial charge in [0.25, 0.3) is 0 Å². The topological polar surface area (TPSA) is 95.9 Å². The highest BCUT2D eigenvalue weighted by Crippen LogP contribution is 2.18. The number of aliphatic hydroxyl groups excluding tert-OH is 2. The Kier molecular flexibility index (Phi) is 47.1. The molecule has 0 rings (SSSR count). The molecular formula is C55H101NO5. The lowest BCUT2D eigenvalue weighted by Crippen LogP contribution is -2.46. The second-order valence-corrected chi connectivity index (χ2v) is 18.0. The van der Waals surface area contributed by atoms with E-state index in [2.05, 4.69) is 74.7 Å². The maximum absolute atomic E-state index is 13.2. The first-order chi connectivity index (χ1) is 30.0. The lowest BCUT2D eigenvalue weighted by molar-refractivity contribution is -0.151. The Labute approximate surface area is 378 Å². The van der Waals surface area contributed by atoms with Crippen molar-refractivity contribution in [2.24, 2.45) is 0 Å². The van der Waals surface area contributed by atoms with E-state index < -0.39 is 18.2 Å². The molecule has 0 fully saturated rings. The van der Waals surface area contributed by atoms with Crippen molar-refractivity contribution < 1.29 is 24.5 Å². The Morgan fingerprint density at radius 1 is 0.475 bits per heavy atom. The van der Waals surface area contributed by atoms with E-state index >= 15 is 0 Å². The molecule has 61 heavy (non-hydrogen) atoms. The maximum Gasteiger partial charge on any atom is 0.306 e. The van der Waals surface area contributed by atoms with E-state index in [0.717, 1.165) is 77.0 Å². The highest BCUT2D eigenvalue weighted by Gasteiger charge is 2.24. The van der Waals surface area contributed by atoms with E-state index in [4.69, 9.17) is 4.74 Å². The van der Waals surface area contributed by atoms with Crippen molar-refractivity contribution in [1.82, 2.24) is 5.32 Å². The molecule has 0 aliphatic heterocycles. The highest BCUT2D eigenvalue weighted by atomic mass is 16.5. The van der Waals surface area contributed by atoms with Crippen LogP contribution in [0.4, 0.5) is 0 Å². The van der Waals surface area contributed by atoms with Crippen LogP contribution in [0, 0.1) is 0 Å². The van der Waals surface area contributed by atoms with Crippen molar-refractivity contribution in [3.63, 3.8) is 0 Å². The molecule has 6 nitrogen and oxygen atoms in total. The van der Waals surface area contributed by atoms with E-state index in [1.807, 2.05) is 0 Å². The number of aliphatic hydroxyl groups is 2. The third-order valence-corrected chi connectivity index (χ3v) is 12.0. The number of carbonyl (C=O) groups is 2. The fourth-order valence-electron chi connectivity index (χ4n) is 7.97. The lowest BCUT2D eigenvalue weighted by atomic mass is 10.0. The molecule has 0 aliphatic carbocycles. The average Bonchev–Trinajstić information content (AvgIpc) is 3.25. The third-order valence-electron chi connectivity index (χ3n) is 12.0. The van der Waals surface area contributed by atoms with Crippen LogP contribution in [0.3, 0.4) is 0 Å². The lowest BCUT2D eigenvalue weighted by Gasteiger charge is -2.24. The zero-order chi connectivity index (χ0) is 44.5. The van der Waals surface area contributed by atoms with E-state index in [1.54, 1.807) is 0 Å². The van der Waals surface area contributed by atoms with Crippen molar-refractivity contribution in [2.75, 3.05) is 6.61 Å². The van der Waals surface area contributed by atoms with Crippen LogP contribution in [0.25, 0.3) is 0 Å². The summed E-state index contributed by atoms with van der Waals surface area (Å²) in [6.45, 7) is 6.43. The van der Waals surface area contributed by atoms with Crippen LogP contribution >= 0.6 is 0 Å². The Morgan fingerprint density at radius 2 is 0.836 bits per heavy atom. The molecule has 0 radical (unpaired) electrons. The number of carbonyl (C=O) groups excluding carboxylic acids is 2. The second kappa shape index (κ2) is 48.8. The van der Waals surface area contributed by atoms with Gasteiger partial charge < -0.3 is 20.3 Å². The fraction of sp³-hybridized carbons (Fsp3) is 0.818. The number of amides is 1. The van der Waals surface area contributed by atoms with Crippen molar-refractivity contribution >= 4 is 11.9 Å². The van der Waals surface area contributed by atoms with Gasteiger partial charge in [0.15, 0.2) is 0 Å². The molecule has 0 saturated heterocycles. The standard InChI is InChI=1S/C55H101NO5/c1-4-7-10-13-16-19-21-23-25-27-28-30-32-34-36-39-42-45-48-55(60)61-51(46-43-40-37-18-15-12-9-6-3)49-54(59)56-52(50-57)53(58)47-44-41-38-35-33-31-29-26-24-22-20-17-14-11-8-5-2/h16,19,21,23,25,27-28,30,51-53,57-58H,4-15,17-18,20,22,24,26,29,31-50H2,1-3H3,(H,56,59)/b19-16+,23-21+,27-25+,30-28+. The summed E-state index contributed by atoms with van der Waals surface area (Å²) in [6.07, 6.45) is 58.9. The zero-order valence-electron chi connectivity index (χ0n) is 40.5. The fourth-order valence-corrected chi connectivity index (χ4v) is 7.97. The Morgan fingerprint density at radius 3 is 1.30 bits per heavy atom. The number of nitrogens with one attached hydrogen (secondary N) is 1. The van der Waals surface area contributed by atoms with Crippen molar-refractivity contribution in [3.05, 3.63) is 48.6 Å². The molecule has 3 N–H and O–H groups in total. The number of rotatable bonds is 47. The molecule has 0 spiro atoms. The number of hydrogen-bond donors (Lipinski definition) is 3. The summed E-state index contributed by atoms with van der Waals surface area (Å²) >= 11 is 0. The maximum atomic E-state index is 13.2. The number of unbranched alkanes of at least 4 members (excludes halogenated alkanes) is 30. The van der Waals surface area contributed by atoms with Crippen molar-refractivity contribution in [1.29, 1.82) is 0 Å². The van der Waals surface area contributed by atoms with E-state index in [9.17, 15) is 19.8 Å². The summed E-state index contributed by atoms with van der Waals surface area (Å²) in [6, 6.07) is -0.704. The first-order valence-electron chi connectivity index (χ1n) is 26.4. The third kappa shape index (κ3) is 44.2. The van der Waals surface area contributed by atoms with E-state index in [0.29, 0.717) is 19.3 Å². The van der Waals surface area contributed by atoms with Crippen LogP contribution in [0.15, 0.2) is 48.6 Å². The quantitative estimate of drug-likeness (QED) is 0.0322. The number of hydrogen-bond acceptors (Lipinski definition) is 5. The Balaban J connectivity index is 4.43. The van der Waals surface area contributed by atoms with Crippen LogP contribution in [-0.4, -0.2) is 46.9 Å². The molecule has 1 amide bonds. The van der Waals surface area contributed by atoms with E-state index in [-0.39, 0.29) is 24.9 Å². The summed E-state index contributed by atoms with van der Waals surface area (Å²) in [5, 5.41) is 23.8. The molecule has 3 unspecified atom stereocenters. The molecule has 0 saturated carbocycles. The van der Waals surface area contributed by atoms with Gasteiger partial charge in [-0.2, -0.15) is 0 Å². The largest absolute Gasteiger partial charge is 0.462 e. The van der Waals surface area contributed by atoms with Gasteiger partial charge in [0.2, 0.25) is 5.91 Å². The summed E-state index contributed by atoms with van der Waals surface area (Å²) in [4.78, 5) is 26.1. The van der Waals surface area contributed by atoms with Crippen LogP contribution in [0.1, 0.15) is 265 Å². The second-order valence-electron chi connectivity index (χ2n) is 18.0. The number of esters is 1. The molecule has 0 bridgehead atoms. The summed E-state index contributed by atoms with van der Waals surface area (Å²) in [5.41, 5.74) is 0. The molecule has 0 aromatic carbocycles. The Hall–Kier alpha value is -2.18. The van der Waals surface area contributed by atoms with Gasteiger partial charge >= 0.3 is 5.97 Å². The van der Waals surface area contributed by atoms with Gasteiger partial charge in [-0.25, -0.2) is 0 Å². The van der Waals surface area contributed by atoms with E-state index in [1.165, 1.54) is 141 Å².